The predicted molar refractivity (Wildman–Crippen MR) is 52.2 cm³/mol. The molecule has 0 spiro atoms. The first kappa shape index (κ1) is 18.3. The van der Waals surface area contributed by atoms with E-state index in [0.29, 0.717) is 0 Å². The van der Waals surface area contributed by atoms with Crippen LogP contribution >= 0.6 is 21.5 Å². The van der Waals surface area contributed by atoms with E-state index in [0.717, 1.165) is 0 Å². The van der Waals surface area contributed by atoms with Gasteiger partial charge >= 0.3 is 0 Å². The van der Waals surface area contributed by atoms with Crippen LogP contribution in [-0.2, 0) is 0 Å². The molecule has 0 aliphatic carbocycles. The number of aliphatic hydroxyl groups is 4. The topological polar surface area (TPSA) is 107 Å². The maximum absolute atomic E-state index is 8.34. The lowest BCUT2D eigenvalue weighted by Crippen LogP contribution is -2.50. The SMILES string of the molecule is NC(CO)(CO)CO.OCCl.P. The highest BCUT2D eigenvalue weighted by molar-refractivity contribution is 6.92. The number of aliphatic hydroxyl groups excluding tert-OH is 4. The van der Waals surface area contributed by atoms with Gasteiger partial charge in [-0.05, 0) is 0 Å². The van der Waals surface area contributed by atoms with Crippen molar-refractivity contribution in [2.45, 2.75) is 5.54 Å². The van der Waals surface area contributed by atoms with Gasteiger partial charge in [0.15, 0.2) is 0 Å². The molecule has 0 rings (SSSR count). The lowest BCUT2D eigenvalue weighted by Gasteiger charge is -2.20. The lowest BCUT2D eigenvalue weighted by atomic mass is 10.1. The molecule has 78 valence electrons. The summed E-state index contributed by atoms with van der Waals surface area (Å²) < 4.78 is 0. The smallest absolute Gasteiger partial charge is 0.117 e. The molecule has 12 heavy (non-hydrogen) atoms. The Morgan fingerprint density at radius 3 is 1.17 bits per heavy atom. The zero-order chi connectivity index (χ0) is 9.33. The number of hydrogen-bond donors (Lipinski definition) is 5. The third kappa shape index (κ3) is 10.5. The zero-order valence-corrected chi connectivity index (χ0v) is 8.95. The third-order valence-electron chi connectivity index (χ3n) is 0.945. The summed E-state index contributed by atoms with van der Waals surface area (Å²) in [6, 6.07) is -0.278. The maximum atomic E-state index is 8.34. The molecule has 6 N–H and O–H groups in total. The average Bonchev–Trinajstić information content (AvgIpc) is 2.05. The van der Waals surface area contributed by atoms with Crippen LogP contribution in [0.15, 0.2) is 0 Å². The van der Waals surface area contributed by atoms with Crippen molar-refractivity contribution in [2.24, 2.45) is 5.73 Å². The molecule has 0 radical (unpaired) electrons. The van der Waals surface area contributed by atoms with Gasteiger partial charge in [-0.1, -0.05) is 11.6 Å². The molecule has 0 bridgehead atoms. The van der Waals surface area contributed by atoms with E-state index in [-0.39, 0.29) is 16.0 Å². The minimum absolute atomic E-state index is 0. The van der Waals surface area contributed by atoms with Crippen molar-refractivity contribution in [3.05, 3.63) is 0 Å². The molecule has 5 nitrogen and oxygen atoms in total. The van der Waals surface area contributed by atoms with E-state index < -0.39 is 25.4 Å². The molecule has 0 aromatic heterocycles. The second kappa shape index (κ2) is 11.5. The van der Waals surface area contributed by atoms with Crippen molar-refractivity contribution >= 4 is 21.5 Å². The fraction of sp³-hybridized carbons (Fsp3) is 1.00. The lowest BCUT2D eigenvalue weighted by molar-refractivity contribution is 0.0698. The van der Waals surface area contributed by atoms with Gasteiger partial charge in [0.25, 0.3) is 0 Å². The summed E-state index contributed by atoms with van der Waals surface area (Å²) in [4.78, 5) is 0. The second-order valence-corrected chi connectivity index (χ2v) is 2.20. The molecule has 0 aliphatic rings. The largest absolute Gasteiger partial charge is 0.394 e. The molecular weight excluding hydrogens is 204 g/mol. The first-order chi connectivity index (χ1) is 5.10. The fourth-order valence-electron chi connectivity index (χ4n) is 0.150. The quantitative estimate of drug-likeness (QED) is 0.277. The Hall–Kier alpha value is 0.520. The van der Waals surface area contributed by atoms with Gasteiger partial charge in [-0.25, -0.2) is 0 Å². The minimum atomic E-state index is -1.21. The standard InChI is InChI=1S/C4H11NO3.CH3ClO.H3P/c5-4(1-6,2-7)3-8;2-1-3;/h6-8H,1-3,5H2;3H,1H2;1H3. The van der Waals surface area contributed by atoms with Gasteiger partial charge in [-0.3, -0.25) is 0 Å². The molecule has 1 atom stereocenters. The summed E-state index contributed by atoms with van der Waals surface area (Å²) in [6.45, 7) is -1.21. The van der Waals surface area contributed by atoms with Crippen molar-refractivity contribution in [3.63, 3.8) is 0 Å². The molecule has 0 fully saturated rings. The van der Waals surface area contributed by atoms with E-state index in [1.807, 2.05) is 0 Å². The summed E-state index contributed by atoms with van der Waals surface area (Å²) in [5.41, 5.74) is 3.94. The first-order valence-electron chi connectivity index (χ1n) is 2.88. The first-order valence-corrected chi connectivity index (χ1v) is 3.42. The van der Waals surface area contributed by atoms with Gasteiger partial charge in [-0.2, -0.15) is 9.90 Å². The predicted octanol–water partition coefficient (Wildman–Crippen LogP) is -2.11. The van der Waals surface area contributed by atoms with E-state index in [2.05, 4.69) is 11.6 Å². The van der Waals surface area contributed by atoms with Crippen LogP contribution in [-0.4, -0.2) is 51.9 Å². The molecule has 0 aromatic rings. The van der Waals surface area contributed by atoms with Crippen LogP contribution < -0.4 is 5.73 Å². The number of alkyl halides is 1. The summed E-state index contributed by atoms with van der Waals surface area (Å²) >= 11 is 4.55. The number of halogens is 1. The van der Waals surface area contributed by atoms with Gasteiger partial charge in [0, 0.05) is 0 Å². The van der Waals surface area contributed by atoms with E-state index in [1.165, 1.54) is 0 Å². The molecule has 0 aliphatic heterocycles. The molecule has 0 amide bonds. The van der Waals surface area contributed by atoms with Gasteiger partial charge in [-0.15, -0.1) is 0 Å². The molecule has 0 saturated heterocycles. The van der Waals surface area contributed by atoms with Crippen LogP contribution in [0.1, 0.15) is 0 Å². The zero-order valence-electron chi connectivity index (χ0n) is 6.78. The Morgan fingerprint density at radius 2 is 1.17 bits per heavy atom. The van der Waals surface area contributed by atoms with E-state index in [1.54, 1.807) is 0 Å². The second-order valence-electron chi connectivity index (χ2n) is 1.96. The van der Waals surface area contributed by atoms with E-state index >= 15 is 0 Å². The normalized spacial score (nSPS) is 9.50. The van der Waals surface area contributed by atoms with Gasteiger partial charge in [0.1, 0.15) is 6.07 Å². The monoisotopic (exact) mass is 221 g/mol. The van der Waals surface area contributed by atoms with Crippen molar-refractivity contribution in [1.29, 1.82) is 0 Å². The molecule has 1 unspecified atom stereocenters. The van der Waals surface area contributed by atoms with E-state index in [9.17, 15) is 0 Å². The van der Waals surface area contributed by atoms with Crippen LogP contribution in [0.3, 0.4) is 0 Å². The number of nitrogens with two attached hydrogens (primary N) is 1. The molecule has 0 saturated carbocycles. The van der Waals surface area contributed by atoms with Crippen LogP contribution in [0.5, 0.6) is 0 Å². The number of rotatable bonds is 3. The Morgan fingerprint density at radius 1 is 1.00 bits per heavy atom. The Labute approximate surface area is 79.8 Å². The van der Waals surface area contributed by atoms with E-state index in [4.69, 9.17) is 26.2 Å². The maximum Gasteiger partial charge on any atom is 0.117 e. The van der Waals surface area contributed by atoms with Crippen LogP contribution in [0.4, 0.5) is 0 Å². The van der Waals surface area contributed by atoms with Crippen molar-refractivity contribution in [2.75, 3.05) is 25.9 Å². The molecule has 0 heterocycles. The molecule has 7 heteroatoms. The van der Waals surface area contributed by atoms with Crippen LogP contribution in [0, 0.1) is 0 Å². The Bertz CT molecular complexity index is 75.6. The Kier molecular flexibility index (Phi) is 17.6. The van der Waals surface area contributed by atoms with Crippen molar-refractivity contribution < 1.29 is 20.4 Å². The molecular formula is C5H17ClNO4P. The van der Waals surface area contributed by atoms with Crippen molar-refractivity contribution in [1.82, 2.24) is 0 Å². The van der Waals surface area contributed by atoms with Gasteiger partial charge in [0.2, 0.25) is 0 Å². The van der Waals surface area contributed by atoms with Crippen LogP contribution in [0.2, 0.25) is 0 Å². The minimum Gasteiger partial charge on any atom is -0.394 e. The summed E-state index contributed by atoms with van der Waals surface area (Å²) in [7, 11) is 0. The summed E-state index contributed by atoms with van der Waals surface area (Å²) in [5, 5.41) is 32.4. The summed E-state index contributed by atoms with van der Waals surface area (Å²) in [6.07, 6.45) is 0. The highest BCUT2D eigenvalue weighted by Gasteiger charge is 2.20. The number of hydrogen-bond acceptors (Lipinski definition) is 5. The molecule has 0 aromatic carbocycles. The summed E-state index contributed by atoms with van der Waals surface area (Å²) in [5.74, 6) is 0. The highest BCUT2D eigenvalue weighted by atomic mass is 35.5. The van der Waals surface area contributed by atoms with Gasteiger partial charge in [0.05, 0.1) is 25.4 Å². The van der Waals surface area contributed by atoms with Crippen LogP contribution in [0.25, 0.3) is 0 Å². The Balaban J connectivity index is -0.000000177. The van der Waals surface area contributed by atoms with Gasteiger partial charge < -0.3 is 26.2 Å². The van der Waals surface area contributed by atoms with Crippen molar-refractivity contribution in [3.8, 4) is 0 Å². The fourth-order valence-corrected chi connectivity index (χ4v) is 0.150. The average molecular weight is 222 g/mol. The third-order valence-corrected chi connectivity index (χ3v) is 0.945. The highest BCUT2D eigenvalue weighted by Crippen LogP contribution is 1.93.